The Bertz CT molecular complexity index is 406. The number of benzene rings is 1. The molecule has 0 saturated heterocycles. The van der Waals surface area contributed by atoms with E-state index in [-0.39, 0.29) is 25.7 Å². The van der Waals surface area contributed by atoms with Crippen LogP contribution in [0.5, 0.6) is 5.75 Å². The lowest BCUT2D eigenvalue weighted by atomic mass is 10.1. The van der Waals surface area contributed by atoms with Gasteiger partial charge < -0.3 is 20.3 Å². The average Bonchev–Trinajstić information content (AvgIpc) is 2.36. The van der Waals surface area contributed by atoms with Gasteiger partial charge in [-0.3, -0.25) is 4.79 Å². The predicted octanol–water partition coefficient (Wildman–Crippen LogP) is 0.152. The zero-order valence-electron chi connectivity index (χ0n) is 10.6. The van der Waals surface area contributed by atoms with E-state index >= 15 is 0 Å². The number of aryl methyl sites for hydroxylation is 2. The summed E-state index contributed by atoms with van der Waals surface area (Å²) in [7, 11) is 0. The van der Waals surface area contributed by atoms with E-state index in [9.17, 15) is 4.79 Å². The van der Waals surface area contributed by atoms with Crippen molar-refractivity contribution < 1.29 is 19.7 Å². The second kappa shape index (κ2) is 6.98. The van der Waals surface area contributed by atoms with E-state index in [4.69, 9.17) is 14.9 Å². The molecule has 0 aliphatic carbocycles. The SMILES string of the molecule is Cc1ccc(C)c(OCC(=O)NCC(O)CO)c1. The lowest BCUT2D eigenvalue weighted by Gasteiger charge is -2.11. The second-order valence-corrected chi connectivity index (χ2v) is 4.20. The number of hydrogen-bond acceptors (Lipinski definition) is 4. The molecule has 1 amide bonds. The maximum absolute atomic E-state index is 11.4. The average molecular weight is 253 g/mol. The Balaban J connectivity index is 2.40. The minimum atomic E-state index is -0.936. The number of carbonyl (C=O) groups is 1. The Morgan fingerprint density at radius 1 is 1.44 bits per heavy atom. The summed E-state index contributed by atoms with van der Waals surface area (Å²) in [6.45, 7) is 3.39. The molecule has 0 aliphatic rings. The van der Waals surface area contributed by atoms with Gasteiger partial charge in [0.15, 0.2) is 6.61 Å². The van der Waals surface area contributed by atoms with Crippen LogP contribution in [0.1, 0.15) is 11.1 Å². The molecule has 0 saturated carbocycles. The molecular weight excluding hydrogens is 234 g/mol. The number of aliphatic hydroxyl groups excluding tert-OH is 2. The van der Waals surface area contributed by atoms with Gasteiger partial charge >= 0.3 is 0 Å². The third kappa shape index (κ3) is 4.73. The topological polar surface area (TPSA) is 78.8 Å². The molecule has 5 nitrogen and oxygen atoms in total. The molecule has 0 aromatic heterocycles. The van der Waals surface area contributed by atoms with Gasteiger partial charge in [0, 0.05) is 6.54 Å². The Morgan fingerprint density at radius 3 is 2.83 bits per heavy atom. The molecule has 0 aliphatic heterocycles. The largest absolute Gasteiger partial charge is 0.483 e. The summed E-state index contributed by atoms with van der Waals surface area (Å²) in [5.74, 6) is 0.344. The van der Waals surface area contributed by atoms with Crippen molar-refractivity contribution >= 4 is 5.91 Å². The normalized spacial score (nSPS) is 12.0. The summed E-state index contributed by atoms with van der Waals surface area (Å²) in [6.07, 6.45) is -0.936. The number of amides is 1. The van der Waals surface area contributed by atoms with Crippen LogP contribution in [0.4, 0.5) is 0 Å². The van der Waals surface area contributed by atoms with Crippen molar-refractivity contribution in [2.24, 2.45) is 0 Å². The Labute approximate surface area is 106 Å². The first-order valence-corrected chi connectivity index (χ1v) is 5.78. The summed E-state index contributed by atoms with van der Waals surface area (Å²) in [5, 5.41) is 20.1. The first-order valence-electron chi connectivity index (χ1n) is 5.78. The van der Waals surface area contributed by atoms with Crippen LogP contribution in [0.15, 0.2) is 18.2 Å². The molecule has 1 atom stereocenters. The maximum Gasteiger partial charge on any atom is 0.258 e. The van der Waals surface area contributed by atoms with Gasteiger partial charge in [0.05, 0.1) is 12.7 Å². The highest BCUT2D eigenvalue weighted by Crippen LogP contribution is 2.18. The molecule has 3 N–H and O–H groups in total. The highest BCUT2D eigenvalue weighted by Gasteiger charge is 2.07. The standard InChI is InChI=1S/C13H19NO4/c1-9-3-4-10(2)12(5-9)18-8-13(17)14-6-11(16)7-15/h3-5,11,15-16H,6-8H2,1-2H3,(H,14,17). The molecule has 0 heterocycles. The van der Waals surface area contributed by atoms with E-state index < -0.39 is 6.10 Å². The van der Waals surface area contributed by atoms with Crippen molar-refractivity contribution in [3.05, 3.63) is 29.3 Å². The summed E-state index contributed by atoms with van der Waals surface area (Å²) < 4.78 is 5.39. The molecule has 1 aromatic rings. The van der Waals surface area contributed by atoms with Crippen LogP contribution in [0, 0.1) is 13.8 Å². The molecule has 0 fully saturated rings. The molecule has 0 spiro atoms. The summed E-state index contributed by atoms with van der Waals surface area (Å²) in [6, 6.07) is 5.77. The van der Waals surface area contributed by atoms with Crippen molar-refractivity contribution in [1.82, 2.24) is 5.32 Å². The number of carbonyl (C=O) groups excluding carboxylic acids is 1. The van der Waals surface area contributed by atoms with E-state index in [1.165, 1.54) is 0 Å². The van der Waals surface area contributed by atoms with E-state index in [2.05, 4.69) is 5.32 Å². The highest BCUT2D eigenvalue weighted by molar-refractivity contribution is 5.77. The molecule has 5 heteroatoms. The van der Waals surface area contributed by atoms with E-state index in [0.717, 1.165) is 11.1 Å². The summed E-state index contributed by atoms with van der Waals surface area (Å²) in [5.41, 5.74) is 2.02. The fraction of sp³-hybridized carbons (Fsp3) is 0.462. The van der Waals surface area contributed by atoms with Gasteiger partial charge in [0.2, 0.25) is 0 Å². The number of hydrogen-bond donors (Lipinski definition) is 3. The van der Waals surface area contributed by atoms with Crippen molar-refractivity contribution in [2.45, 2.75) is 20.0 Å². The van der Waals surface area contributed by atoms with Crippen molar-refractivity contribution in [2.75, 3.05) is 19.8 Å². The van der Waals surface area contributed by atoms with Crippen molar-refractivity contribution in [1.29, 1.82) is 0 Å². The van der Waals surface area contributed by atoms with Gasteiger partial charge in [-0.2, -0.15) is 0 Å². The molecular formula is C13H19NO4. The van der Waals surface area contributed by atoms with E-state index in [1.54, 1.807) is 0 Å². The molecule has 1 unspecified atom stereocenters. The molecule has 18 heavy (non-hydrogen) atoms. The van der Waals surface area contributed by atoms with Crippen LogP contribution < -0.4 is 10.1 Å². The zero-order chi connectivity index (χ0) is 13.5. The lowest BCUT2D eigenvalue weighted by Crippen LogP contribution is -2.36. The molecule has 1 aromatic carbocycles. The van der Waals surface area contributed by atoms with Gasteiger partial charge in [-0.25, -0.2) is 0 Å². The van der Waals surface area contributed by atoms with E-state index in [0.29, 0.717) is 5.75 Å². The minimum Gasteiger partial charge on any atom is -0.483 e. The van der Waals surface area contributed by atoms with Crippen LogP contribution in [0.2, 0.25) is 0 Å². The lowest BCUT2D eigenvalue weighted by molar-refractivity contribution is -0.123. The molecule has 0 radical (unpaired) electrons. The monoisotopic (exact) mass is 253 g/mol. The van der Waals surface area contributed by atoms with Crippen molar-refractivity contribution in [3.8, 4) is 5.75 Å². The van der Waals surface area contributed by atoms with Crippen molar-refractivity contribution in [3.63, 3.8) is 0 Å². The predicted molar refractivity (Wildman–Crippen MR) is 67.5 cm³/mol. The number of aliphatic hydroxyl groups is 2. The fourth-order valence-electron chi connectivity index (χ4n) is 1.35. The number of nitrogens with one attached hydrogen (secondary N) is 1. The van der Waals surface area contributed by atoms with Crippen LogP contribution in [0.3, 0.4) is 0 Å². The quantitative estimate of drug-likeness (QED) is 0.674. The van der Waals surface area contributed by atoms with Gasteiger partial charge in [-0.05, 0) is 31.0 Å². The molecule has 1 rings (SSSR count). The third-order valence-electron chi connectivity index (χ3n) is 2.45. The first-order chi connectivity index (χ1) is 8.52. The summed E-state index contributed by atoms with van der Waals surface area (Å²) in [4.78, 5) is 11.4. The maximum atomic E-state index is 11.4. The third-order valence-corrected chi connectivity index (χ3v) is 2.45. The highest BCUT2D eigenvalue weighted by atomic mass is 16.5. The van der Waals surface area contributed by atoms with Gasteiger partial charge in [-0.15, -0.1) is 0 Å². The smallest absolute Gasteiger partial charge is 0.258 e. The van der Waals surface area contributed by atoms with E-state index in [1.807, 2.05) is 32.0 Å². The molecule has 100 valence electrons. The zero-order valence-corrected chi connectivity index (χ0v) is 10.6. The van der Waals surface area contributed by atoms with Crippen LogP contribution in [-0.4, -0.2) is 42.0 Å². The minimum absolute atomic E-state index is 0.0193. The van der Waals surface area contributed by atoms with Gasteiger partial charge in [0.1, 0.15) is 5.75 Å². The van der Waals surface area contributed by atoms with Crippen LogP contribution >= 0.6 is 0 Å². The van der Waals surface area contributed by atoms with Crippen LogP contribution in [-0.2, 0) is 4.79 Å². The van der Waals surface area contributed by atoms with Gasteiger partial charge in [-0.1, -0.05) is 12.1 Å². The Kier molecular flexibility index (Phi) is 5.61. The molecule has 0 bridgehead atoms. The Morgan fingerprint density at radius 2 is 2.17 bits per heavy atom. The van der Waals surface area contributed by atoms with Gasteiger partial charge in [0.25, 0.3) is 5.91 Å². The fourth-order valence-corrected chi connectivity index (χ4v) is 1.35. The number of ether oxygens (including phenoxy) is 1. The first kappa shape index (κ1) is 14.5. The second-order valence-electron chi connectivity index (χ2n) is 4.20. The van der Waals surface area contributed by atoms with Crippen LogP contribution in [0.25, 0.3) is 0 Å². The number of rotatable bonds is 6. The Hall–Kier alpha value is -1.59. The summed E-state index contributed by atoms with van der Waals surface area (Å²) >= 11 is 0.